The van der Waals surface area contributed by atoms with Crippen LogP contribution < -0.4 is 0 Å². The van der Waals surface area contributed by atoms with Crippen molar-refractivity contribution in [2.24, 2.45) is 0 Å². The van der Waals surface area contributed by atoms with E-state index in [0.29, 0.717) is 13.0 Å². The molecule has 0 atom stereocenters. The SMILES string of the molecule is C#CCCCCC(=O)N1CCCO1. The number of carbonyl (C=O) groups is 1. The maximum Gasteiger partial charge on any atom is 0.246 e. The van der Waals surface area contributed by atoms with E-state index in [9.17, 15) is 4.79 Å². The first kappa shape index (κ1) is 10.1. The second-order valence-corrected chi connectivity index (χ2v) is 3.09. The Hall–Kier alpha value is -1.01. The van der Waals surface area contributed by atoms with Gasteiger partial charge in [-0.1, -0.05) is 0 Å². The third-order valence-electron chi connectivity index (χ3n) is 1.99. The van der Waals surface area contributed by atoms with Crippen LogP contribution in [-0.2, 0) is 9.63 Å². The van der Waals surface area contributed by atoms with Crippen molar-refractivity contribution in [2.45, 2.75) is 32.1 Å². The lowest BCUT2D eigenvalue weighted by Crippen LogP contribution is -2.25. The lowest BCUT2D eigenvalue weighted by molar-refractivity contribution is -0.168. The molecule has 0 saturated carbocycles. The molecule has 0 bridgehead atoms. The maximum atomic E-state index is 11.4. The summed E-state index contributed by atoms with van der Waals surface area (Å²) < 4.78 is 0. The molecule has 0 aliphatic carbocycles. The predicted molar refractivity (Wildman–Crippen MR) is 49.6 cm³/mol. The molecule has 0 aromatic rings. The van der Waals surface area contributed by atoms with Gasteiger partial charge in [-0.15, -0.1) is 12.3 Å². The molecule has 1 saturated heterocycles. The summed E-state index contributed by atoms with van der Waals surface area (Å²) in [6.45, 7) is 1.42. The van der Waals surface area contributed by atoms with Gasteiger partial charge in [0.05, 0.1) is 13.2 Å². The highest BCUT2D eigenvalue weighted by atomic mass is 16.7. The van der Waals surface area contributed by atoms with E-state index in [1.54, 1.807) is 0 Å². The van der Waals surface area contributed by atoms with E-state index in [1.165, 1.54) is 5.06 Å². The fourth-order valence-corrected chi connectivity index (χ4v) is 1.27. The van der Waals surface area contributed by atoms with Crippen LogP contribution in [0.1, 0.15) is 32.1 Å². The molecule has 3 nitrogen and oxygen atoms in total. The Morgan fingerprint density at radius 1 is 1.54 bits per heavy atom. The van der Waals surface area contributed by atoms with Gasteiger partial charge in [0.2, 0.25) is 5.91 Å². The minimum absolute atomic E-state index is 0.0921. The number of hydroxylamine groups is 2. The highest BCUT2D eigenvalue weighted by Crippen LogP contribution is 2.08. The molecule has 0 spiro atoms. The molecular weight excluding hydrogens is 166 g/mol. The second-order valence-electron chi connectivity index (χ2n) is 3.09. The third kappa shape index (κ3) is 3.47. The largest absolute Gasteiger partial charge is 0.273 e. The van der Waals surface area contributed by atoms with Gasteiger partial charge in [0.1, 0.15) is 0 Å². The fraction of sp³-hybridized carbons (Fsp3) is 0.700. The average molecular weight is 181 g/mol. The first-order valence-electron chi connectivity index (χ1n) is 4.71. The molecule has 3 heteroatoms. The molecule has 0 radical (unpaired) electrons. The Kier molecular flexibility index (Phi) is 4.34. The zero-order valence-electron chi connectivity index (χ0n) is 7.79. The van der Waals surface area contributed by atoms with Crippen LogP contribution in [0.15, 0.2) is 0 Å². The predicted octanol–water partition coefficient (Wildman–Crippen LogP) is 1.34. The van der Waals surface area contributed by atoms with E-state index in [-0.39, 0.29) is 5.91 Å². The zero-order valence-corrected chi connectivity index (χ0v) is 7.79. The Balaban J connectivity index is 2.07. The molecule has 1 aliphatic heterocycles. The van der Waals surface area contributed by atoms with Crippen LogP contribution in [0.5, 0.6) is 0 Å². The van der Waals surface area contributed by atoms with Crippen molar-refractivity contribution in [1.29, 1.82) is 0 Å². The molecule has 72 valence electrons. The van der Waals surface area contributed by atoms with E-state index in [4.69, 9.17) is 11.3 Å². The van der Waals surface area contributed by atoms with Gasteiger partial charge in [0.25, 0.3) is 0 Å². The van der Waals surface area contributed by atoms with Crippen LogP contribution in [-0.4, -0.2) is 24.1 Å². The summed E-state index contributed by atoms with van der Waals surface area (Å²) in [5, 5.41) is 1.47. The summed E-state index contributed by atoms with van der Waals surface area (Å²) in [5.41, 5.74) is 0. The summed E-state index contributed by atoms with van der Waals surface area (Å²) in [5.74, 6) is 2.65. The summed E-state index contributed by atoms with van der Waals surface area (Å²) >= 11 is 0. The van der Waals surface area contributed by atoms with E-state index < -0.39 is 0 Å². The van der Waals surface area contributed by atoms with Gasteiger partial charge < -0.3 is 0 Å². The van der Waals surface area contributed by atoms with Crippen LogP contribution in [0.25, 0.3) is 0 Å². The summed E-state index contributed by atoms with van der Waals surface area (Å²) in [7, 11) is 0. The van der Waals surface area contributed by atoms with Crippen LogP contribution in [0.3, 0.4) is 0 Å². The molecule has 1 rings (SSSR count). The molecule has 0 aromatic heterocycles. The van der Waals surface area contributed by atoms with E-state index >= 15 is 0 Å². The third-order valence-corrected chi connectivity index (χ3v) is 1.99. The number of rotatable bonds is 4. The Labute approximate surface area is 79.0 Å². The molecule has 1 fully saturated rings. The second kappa shape index (κ2) is 5.60. The number of unbranched alkanes of at least 4 members (excludes halogenated alkanes) is 2. The van der Waals surface area contributed by atoms with Gasteiger partial charge >= 0.3 is 0 Å². The van der Waals surface area contributed by atoms with Gasteiger partial charge in [-0.25, -0.2) is 5.06 Å². The number of amides is 1. The first-order chi connectivity index (χ1) is 6.34. The van der Waals surface area contributed by atoms with Gasteiger partial charge in [0, 0.05) is 12.8 Å². The number of carbonyl (C=O) groups excluding carboxylic acids is 1. The van der Waals surface area contributed by atoms with Gasteiger partial charge in [-0.2, -0.15) is 0 Å². The van der Waals surface area contributed by atoms with Crippen molar-refractivity contribution in [3.63, 3.8) is 0 Å². The van der Waals surface area contributed by atoms with Gasteiger partial charge in [-0.05, 0) is 19.3 Å². The minimum atomic E-state index is 0.0921. The number of hydrogen-bond acceptors (Lipinski definition) is 2. The molecule has 1 aliphatic rings. The van der Waals surface area contributed by atoms with E-state index in [2.05, 4.69) is 5.92 Å². The Bertz CT molecular complexity index is 201. The number of terminal acetylenes is 1. The first-order valence-corrected chi connectivity index (χ1v) is 4.71. The number of nitrogens with zero attached hydrogens (tertiary/aromatic N) is 1. The van der Waals surface area contributed by atoms with Crippen molar-refractivity contribution >= 4 is 5.91 Å². The zero-order chi connectivity index (χ0) is 9.52. The Morgan fingerprint density at radius 3 is 3.00 bits per heavy atom. The lowest BCUT2D eigenvalue weighted by atomic mass is 10.2. The summed E-state index contributed by atoms with van der Waals surface area (Å²) in [4.78, 5) is 16.5. The normalized spacial score (nSPS) is 15.8. The van der Waals surface area contributed by atoms with Crippen LogP contribution in [0.2, 0.25) is 0 Å². The minimum Gasteiger partial charge on any atom is -0.273 e. The highest BCUT2D eigenvalue weighted by molar-refractivity contribution is 5.75. The van der Waals surface area contributed by atoms with Crippen molar-refractivity contribution in [3.8, 4) is 12.3 Å². The van der Waals surface area contributed by atoms with Crippen LogP contribution in [0, 0.1) is 12.3 Å². The van der Waals surface area contributed by atoms with Crippen LogP contribution >= 0.6 is 0 Å². The van der Waals surface area contributed by atoms with Crippen LogP contribution in [0.4, 0.5) is 0 Å². The molecule has 0 N–H and O–H groups in total. The fourth-order valence-electron chi connectivity index (χ4n) is 1.27. The van der Waals surface area contributed by atoms with Crippen molar-refractivity contribution in [2.75, 3.05) is 13.2 Å². The van der Waals surface area contributed by atoms with E-state index in [1.807, 2.05) is 0 Å². The van der Waals surface area contributed by atoms with Crippen molar-refractivity contribution < 1.29 is 9.63 Å². The number of hydrogen-bond donors (Lipinski definition) is 0. The van der Waals surface area contributed by atoms with Crippen molar-refractivity contribution in [3.05, 3.63) is 0 Å². The van der Waals surface area contributed by atoms with Gasteiger partial charge in [-0.3, -0.25) is 9.63 Å². The standard InChI is InChI=1S/C10H15NO2/c1-2-3-4-5-7-10(12)11-8-6-9-13-11/h1H,3-9H2. The molecule has 0 unspecified atom stereocenters. The topological polar surface area (TPSA) is 29.5 Å². The van der Waals surface area contributed by atoms with Gasteiger partial charge in [0.15, 0.2) is 0 Å². The van der Waals surface area contributed by atoms with E-state index in [0.717, 1.165) is 32.2 Å². The highest BCUT2D eigenvalue weighted by Gasteiger charge is 2.17. The average Bonchev–Trinajstić information content (AvgIpc) is 2.65. The Morgan fingerprint density at radius 2 is 2.38 bits per heavy atom. The maximum absolute atomic E-state index is 11.4. The molecule has 1 heterocycles. The lowest BCUT2D eigenvalue weighted by Gasteiger charge is -2.12. The van der Waals surface area contributed by atoms with Crippen molar-refractivity contribution in [1.82, 2.24) is 5.06 Å². The monoisotopic (exact) mass is 181 g/mol. The molecule has 13 heavy (non-hydrogen) atoms. The summed E-state index contributed by atoms with van der Waals surface area (Å²) in [6, 6.07) is 0. The molecule has 1 amide bonds. The summed E-state index contributed by atoms with van der Waals surface area (Å²) in [6.07, 6.45) is 9.16. The molecular formula is C10H15NO2. The smallest absolute Gasteiger partial charge is 0.246 e. The quantitative estimate of drug-likeness (QED) is 0.484. The molecule has 0 aromatic carbocycles.